The van der Waals surface area contributed by atoms with Crippen LogP contribution in [0.4, 0.5) is 5.95 Å². The molecule has 2 aromatic rings. The van der Waals surface area contributed by atoms with Crippen LogP contribution in [0.5, 0.6) is 0 Å². The minimum atomic E-state index is 0.363. The van der Waals surface area contributed by atoms with Gasteiger partial charge in [-0.25, -0.2) is 9.97 Å². The Morgan fingerprint density at radius 1 is 1.44 bits per heavy atom. The number of rotatable bonds is 4. The zero-order valence-corrected chi connectivity index (χ0v) is 10.9. The minimum absolute atomic E-state index is 0.363. The van der Waals surface area contributed by atoms with Gasteiger partial charge in [0.1, 0.15) is 9.86 Å². The molecule has 2 N–H and O–H groups in total. The number of nitrogens with two attached hydrogens (primary N) is 1. The average molecular weight is 254 g/mol. The topological polar surface area (TPSA) is 55.0 Å². The van der Waals surface area contributed by atoms with Gasteiger partial charge in [-0.3, -0.25) is 0 Å². The van der Waals surface area contributed by atoms with Crippen molar-refractivity contribution < 1.29 is 0 Å². The molecule has 0 aliphatic rings. The first-order valence-electron chi connectivity index (χ1n) is 4.95. The van der Waals surface area contributed by atoms with Crippen molar-refractivity contribution in [3.8, 4) is 0 Å². The van der Waals surface area contributed by atoms with E-state index in [1.807, 2.05) is 5.38 Å². The van der Waals surface area contributed by atoms with Crippen LogP contribution in [0.3, 0.4) is 0 Å². The average Bonchev–Trinajstić information content (AvgIpc) is 2.64. The molecule has 0 atom stereocenters. The Morgan fingerprint density at radius 2 is 2.25 bits per heavy atom. The minimum Gasteiger partial charge on any atom is -0.368 e. The summed E-state index contributed by atoms with van der Waals surface area (Å²) < 4.78 is 0. The highest BCUT2D eigenvalue weighted by atomic mass is 32.2. The molecular weight excluding hydrogens is 240 g/mol. The number of aromatic nitrogens is 2. The Hall–Kier alpha value is -0.850. The number of fused-ring (bicyclic) bond motifs is 1. The molecule has 0 unspecified atom stereocenters. The second-order valence-corrected chi connectivity index (χ2v) is 5.66. The number of thiophene rings is 1. The third kappa shape index (κ3) is 2.63. The Kier molecular flexibility index (Phi) is 3.63. The Balaban J connectivity index is 2.19. The van der Waals surface area contributed by atoms with Gasteiger partial charge in [-0.05, 0) is 25.5 Å². The molecule has 0 fully saturated rings. The van der Waals surface area contributed by atoms with Crippen LogP contribution >= 0.6 is 23.1 Å². The van der Waals surface area contributed by atoms with Gasteiger partial charge < -0.3 is 10.6 Å². The summed E-state index contributed by atoms with van der Waals surface area (Å²) >= 11 is 3.33. The fourth-order valence-electron chi connectivity index (χ4n) is 1.28. The monoisotopic (exact) mass is 254 g/mol. The summed E-state index contributed by atoms with van der Waals surface area (Å²) in [5, 5.41) is 4.13. The second kappa shape index (κ2) is 4.99. The number of nitrogens with zero attached hydrogens (tertiary/aromatic N) is 3. The lowest BCUT2D eigenvalue weighted by molar-refractivity contribution is 0.437. The molecule has 2 aromatic heterocycles. The molecular formula is C10H14N4S2. The van der Waals surface area contributed by atoms with E-state index in [-0.39, 0.29) is 0 Å². The Morgan fingerprint density at radius 3 is 3.00 bits per heavy atom. The fraction of sp³-hybridized carbons (Fsp3) is 0.400. The zero-order chi connectivity index (χ0) is 11.5. The zero-order valence-electron chi connectivity index (χ0n) is 9.30. The van der Waals surface area contributed by atoms with Crippen LogP contribution in [-0.4, -0.2) is 41.3 Å². The highest BCUT2D eigenvalue weighted by molar-refractivity contribution is 7.99. The Labute approximate surface area is 103 Å². The van der Waals surface area contributed by atoms with E-state index in [4.69, 9.17) is 5.73 Å². The van der Waals surface area contributed by atoms with Gasteiger partial charge in [0.05, 0.1) is 0 Å². The van der Waals surface area contributed by atoms with Gasteiger partial charge in [0.15, 0.2) is 0 Å². The van der Waals surface area contributed by atoms with Crippen LogP contribution in [-0.2, 0) is 0 Å². The third-order valence-corrected chi connectivity index (χ3v) is 3.86. The predicted octanol–water partition coefficient (Wildman–Crippen LogP) is 1.93. The van der Waals surface area contributed by atoms with E-state index in [0.717, 1.165) is 27.5 Å². The smallest absolute Gasteiger partial charge is 0.222 e. The number of nitrogen functional groups attached to an aromatic ring is 1. The van der Waals surface area contributed by atoms with Crippen LogP contribution in [0.25, 0.3) is 10.2 Å². The second-order valence-electron chi connectivity index (χ2n) is 3.68. The van der Waals surface area contributed by atoms with Crippen molar-refractivity contribution in [2.75, 3.05) is 32.1 Å². The van der Waals surface area contributed by atoms with Gasteiger partial charge in [-0.15, -0.1) is 23.1 Å². The number of anilines is 1. The van der Waals surface area contributed by atoms with E-state index in [1.165, 1.54) is 0 Å². The largest absolute Gasteiger partial charge is 0.368 e. The summed E-state index contributed by atoms with van der Waals surface area (Å²) in [7, 11) is 4.13. The maximum absolute atomic E-state index is 5.68. The van der Waals surface area contributed by atoms with Crippen LogP contribution in [0.1, 0.15) is 0 Å². The summed E-state index contributed by atoms with van der Waals surface area (Å²) in [5.74, 6) is 1.37. The van der Waals surface area contributed by atoms with Crippen LogP contribution in [0, 0.1) is 0 Å². The van der Waals surface area contributed by atoms with Crippen molar-refractivity contribution in [2.24, 2.45) is 0 Å². The van der Waals surface area contributed by atoms with E-state index < -0.39 is 0 Å². The molecule has 0 aliphatic heterocycles. The van der Waals surface area contributed by atoms with Gasteiger partial charge >= 0.3 is 0 Å². The molecule has 0 bridgehead atoms. The molecule has 0 saturated carbocycles. The van der Waals surface area contributed by atoms with E-state index in [1.54, 1.807) is 23.1 Å². The van der Waals surface area contributed by atoms with Crippen LogP contribution in [0.15, 0.2) is 16.5 Å². The molecule has 0 aromatic carbocycles. The molecule has 2 rings (SSSR count). The van der Waals surface area contributed by atoms with E-state index in [9.17, 15) is 0 Å². The molecule has 86 valence electrons. The van der Waals surface area contributed by atoms with Gasteiger partial charge in [0.25, 0.3) is 0 Å². The summed E-state index contributed by atoms with van der Waals surface area (Å²) in [5.41, 5.74) is 5.68. The summed E-state index contributed by atoms with van der Waals surface area (Å²) in [6.45, 7) is 1.03. The molecule has 0 amide bonds. The first-order valence-corrected chi connectivity index (χ1v) is 6.81. The highest BCUT2D eigenvalue weighted by Crippen LogP contribution is 2.28. The quantitative estimate of drug-likeness (QED) is 0.667. The first-order chi connectivity index (χ1) is 7.66. The van der Waals surface area contributed by atoms with Crippen LogP contribution in [0.2, 0.25) is 0 Å². The standard InChI is InChI=1S/C10H14N4S2/c1-14(2)4-6-16-9-7-3-5-15-8(7)12-10(11)13-9/h3,5H,4,6H2,1-2H3,(H2,11,12,13). The molecule has 0 radical (unpaired) electrons. The normalized spacial score (nSPS) is 11.4. The maximum Gasteiger partial charge on any atom is 0.222 e. The predicted molar refractivity (Wildman–Crippen MR) is 71.1 cm³/mol. The molecule has 16 heavy (non-hydrogen) atoms. The lowest BCUT2D eigenvalue weighted by atomic mass is 10.4. The molecule has 2 heterocycles. The number of thioether (sulfide) groups is 1. The van der Waals surface area contributed by atoms with E-state index >= 15 is 0 Å². The van der Waals surface area contributed by atoms with Crippen molar-refractivity contribution in [3.63, 3.8) is 0 Å². The van der Waals surface area contributed by atoms with Gasteiger partial charge in [-0.2, -0.15) is 0 Å². The summed E-state index contributed by atoms with van der Waals surface area (Å²) in [6.07, 6.45) is 0. The van der Waals surface area contributed by atoms with E-state index in [0.29, 0.717) is 5.95 Å². The molecule has 0 saturated heterocycles. The molecule has 0 aliphatic carbocycles. The van der Waals surface area contributed by atoms with Crippen LogP contribution < -0.4 is 5.73 Å². The highest BCUT2D eigenvalue weighted by Gasteiger charge is 2.07. The molecule has 0 spiro atoms. The van der Waals surface area contributed by atoms with Crippen molar-refractivity contribution in [2.45, 2.75) is 5.03 Å². The van der Waals surface area contributed by atoms with Gasteiger partial charge in [0.2, 0.25) is 5.95 Å². The third-order valence-electron chi connectivity index (χ3n) is 2.08. The maximum atomic E-state index is 5.68. The van der Waals surface area contributed by atoms with Crippen molar-refractivity contribution in [1.82, 2.24) is 14.9 Å². The first kappa shape index (κ1) is 11.6. The van der Waals surface area contributed by atoms with E-state index in [2.05, 4.69) is 35.0 Å². The molecule has 6 heteroatoms. The summed E-state index contributed by atoms with van der Waals surface area (Å²) in [6, 6.07) is 2.05. The lowest BCUT2D eigenvalue weighted by Gasteiger charge is -2.08. The lowest BCUT2D eigenvalue weighted by Crippen LogP contribution is -2.14. The summed E-state index contributed by atoms with van der Waals surface area (Å²) in [4.78, 5) is 11.6. The van der Waals surface area contributed by atoms with Crippen molar-refractivity contribution in [3.05, 3.63) is 11.4 Å². The number of hydrogen-bond donors (Lipinski definition) is 1. The Bertz CT molecular complexity index is 481. The van der Waals surface area contributed by atoms with Gasteiger partial charge in [0, 0.05) is 17.7 Å². The van der Waals surface area contributed by atoms with Crippen molar-refractivity contribution >= 4 is 39.3 Å². The SMILES string of the molecule is CN(C)CCSc1nc(N)nc2sccc12. The fourth-order valence-corrected chi connectivity index (χ4v) is 3.24. The molecule has 4 nitrogen and oxygen atoms in total. The van der Waals surface area contributed by atoms with Crippen molar-refractivity contribution in [1.29, 1.82) is 0 Å². The van der Waals surface area contributed by atoms with Gasteiger partial charge in [-0.1, -0.05) is 0 Å². The number of hydrogen-bond acceptors (Lipinski definition) is 6.